The first kappa shape index (κ1) is 14.2. The molecule has 3 aromatic rings. The fourth-order valence-corrected chi connectivity index (χ4v) is 3.14. The van der Waals surface area contributed by atoms with E-state index in [1.54, 1.807) is 24.5 Å². The van der Waals surface area contributed by atoms with Crippen molar-refractivity contribution in [3.05, 3.63) is 63.3 Å². The number of carbonyl (C=O) groups excluding carboxylic acids is 1. The minimum atomic E-state index is -0.183. The molecule has 0 bridgehead atoms. The molecule has 0 fully saturated rings. The molecule has 0 unspecified atom stereocenters. The molecule has 1 N–H and O–H groups in total. The van der Waals surface area contributed by atoms with Gasteiger partial charge in [0.2, 0.25) is 0 Å². The predicted molar refractivity (Wildman–Crippen MR) is 89.3 cm³/mol. The molecule has 1 aromatic heterocycles. The summed E-state index contributed by atoms with van der Waals surface area (Å²) in [5.41, 5.74) is 2.78. The van der Waals surface area contributed by atoms with E-state index >= 15 is 0 Å². The number of rotatable bonds is 2. The SMILES string of the molecule is O=C(Nc1ccc2nccnc2c1)c1ccc(Br)cc1Br. The summed E-state index contributed by atoms with van der Waals surface area (Å²) >= 11 is 6.75. The molecule has 0 atom stereocenters. The number of hydrogen-bond acceptors (Lipinski definition) is 3. The zero-order valence-electron chi connectivity index (χ0n) is 10.7. The second kappa shape index (κ2) is 5.91. The van der Waals surface area contributed by atoms with Crippen molar-refractivity contribution in [1.82, 2.24) is 9.97 Å². The second-order valence-electron chi connectivity index (χ2n) is 4.34. The maximum absolute atomic E-state index is 12.3. The zero-order chi connectivity index (χ0) is 14.8. The lowest BCUT2D eigenvalue weighted by atomic mass is 10.2. The van der Waals surface area contributed by atoms with E-state index in [0.29, 0.717) is 11.3 Å². The molecule has 1 amide bonds. The summed E-state index contributed by atoms with van der Waals surface area (Å²) < 4.78 is 1.64. The molecule has 1 heterocycles. The van der Waals surface area contributed by atoms with Crippen molar-refractivity contribution in [2.45, 2.75) is 0 Å². The smallest absolute Gasteiger partial charge is 0.256 e. The minimum absolute atomic E-state index is 0.183. The lowest BCUT2D eigenvalue weighted by Crippen LogP contribution is -2.12. The number of fused-ring (bicyclic) bond motifs is 1. The summed E-state index contributed by atoms with van der Waals surface area (Å²) in [4.78, 5) is 20.7. The largest absolute Gasteiger partial charge is 0.322 e. The van der Waals surface area contributed by atoms with Crippen LogP contribution in [0.2, 0.25) is 0 Å². The van der Waals surface area contributed by atoms with Crippen LogP contribution in [0.5, 0.6) is 0 Å². The third kappa shape index (κ3) is 3.11. The van der Waals surface area contributed by atoms with Gasteiger partial charge in [-0.2, -0.15) is 0 Å². The first-order valence-electron chi connectivity index (χ1n) is 6.11. The highest BCUT2D eigenvalue weighted by Crippen LogP contribution is 2.23. The molecule has 0 spiro atoms. The van der Waals surface area contributed by atoms with Crippen LogP contribution < -0.4 is 5.32 Å². The van der Waals surface area contributed by atoms with Crippen LogP contribution in [0.15, 0.2) is 57.7 Å². The molecule has 0 radical (unpaired) electrons. The average Bonchev–Trinajstić information content (AvgIpc) is 2.47. The maximum atomic E-state index is 12.3. The molecule has 3 rings (SSSR count). The van der Waals surface area contributed by atoms with E-state index in [-0.39, 0.29) is 5.91 Å². The van der Waals surface area contributed by atoms with Crippen LogP contribution in [0, 0.1) is 0 Å². The van der Waals surface area contributed by atoms with Gasteiger partial charge in [-0.3, -0.25) is 14.8 Å². The number of halogens is 2. The van der Waals surface area contributed by atoms with Crippen molar-refractivity contribution in [3.8, 4) is 0 Å². The zero-order valence-corrected chi connectivity index (χ0v) is 13.8. The molecule has 21 heavy (non-hydrogen) atoms. The van der Waals surface area contributed by atoms with Crippen LogP contribution in [0.3, 0.4) is 0 Å². The van der Waals surface area contributed by atoms with Gasteiger partial charge in [-0.15, -0.1) is 0 Å². The summed E-state index contributed by atoms with van der Waals surface area (Å²) in [6.45, 7) is 0. The lowest BCUT2D eigenvalue weighted by Gasteiger charge is -2.08. The van der Waals surface area contributed by atoms with Crippen molar-refractivity contribution in [3.63, 3.8) is 0 Å². The van der Waals surface area contributed by atoms with Crippen LogP contribution in [0.4, 0.5) is 5.69 Å². The van der Waals surface area contributed by atoms with Gasteiger partial charge in [-0.25, -0.2) is 0 Å². The Morgan fingerprint density at radius 3 is 2.48 bits per heavy atom. The molecule has 0 saturated carbocycles. The van der Waals surface area contributed by atoms with Crippen molar-refractivity contribution in [2.75, 3.05) is 5.32 Å². The quantitative estimate of drug-likeness (QED) is 0.685. The molecule has 2 aromatic carbocycles. The Morgan fingerprint density at radius 2 is 1.71 bits per heavy atom. The van der Waals surface area contributed by atoms with E-state index in [0.717, 1.165) is 20.0 Å². The number of nitrogens with one attached hydrogen (secondary N) is 1. The highest BCUT2D eigenvalue weighted by atomic mass is 79.9. The minimum Gasteiger partial charge on any atom is -0.322 e. The Kier molecular flexibility index (Phi) is 3.98. The van der Waals surface area contributed by atoms with Gasteiger partial charge in [-0.1, -0.05) is 15.9 Å². The second-order valence-corrected chi connectivity index (χ2v) is 6.11. The normalized spacial score (nSPS) is 10.6. The number of amides is 1. The Bertz CT molecular complexity index is 836. The van der Waals surface area contributed by atoms with E-state index in [1.807, 2.05) is 24.3 Å². The Hall–Kier alpha value is -1.79. The number of aromatic nitrogens is 2. The predicted octanol–water partition coefficient (Wildman–Crippen LogP) is 4.41. The van der Waals surface area contributed by atoms with Crippen LogP contribution >= 0.6 is 31.9 Å². The van der Waals surface area contributed by atoms with Gasteiger partial charge >= 0.3 is 0 Å². The van der Waals surface area contributed by atoms with Gasteiger partial charge < -0.3 is 5.32 Å². The van der Waals surface area contributed by atoms with Gasteiger partial charge in [0.15, 0.2) is 0 Å². The molecule has 104 valence electrons. The van der Waals surface area contributed by atoms with E-state index in [2.05, 4.69) is 47.1 Å². The summed E-state index contributed by atoms with van der Waals surface area (Å²) in [5.74, 6) is -0.183. The first-order valence-corrected chi connectivity index (χ1v) is 7.69. The molecule has 0 aliphatic heterocycles. The molecular weight excluding hydrogens is 398 g/mol. The maximum Gasteiger partial charge on any atom is 0.256 e. The summed E-state index contributed by atoms with van der Waals surface area (Å²) in [5, 5.41) is 2.86. The van der Waals surface area contributed by atoms with Crippen LogP contribution in [0.25, 0.3) is 11.0 Å². The standard InChI is InChI=1S/C15H9Br2N3O/c16-9-1-3-11(12(17)7-9)15(21)20-10-2-4-13-14(8-10)19-6-5-18-13/h1-8H,(H,20,21). The summed E-state index contributed by atoms with van der Waals surface area (Å²) in [6, 6.07) is 10.8. The van der Waals surface area contributed by atoms with Crippen molar-refractivity contribution in [2.24, 2.45) is 0 Å². The monoisotopic (exact) mass is 405 g/mol. The lowest BCUT2D eigenvalue weighted by molar-refractivity contribution is 0.102. The van der Waals surface area contributed by atoms with Crippen LogP contribution in [-0.2, 0) is 0 Å². The fraction of sp³-hybridized carbons (Fsp3) is 0. The van der Waals surface area contributed by atoms with E-state index in [4.69, 9.17) is 0 Å². The van der Waals surface area contributed by atoms with Gasteiger partial charge in [0.25, 0.3) is 5.91 Å². The molecule has 6 heteroatoms. The highest BCUT2D eigenvalue weighted by molar-refractivity contribution is 9.11. The van der Waals surface area contributed by atoms with E-state index < -0.39 is 0 Å². The van der Waals surface area contributed by atoms with Crippen LogP contribution in [0.1, 0.15) is 10.4 Å². The first-order chi connectivity index (χ1) is 10.1. The van der Waals surface area contributed by atoms with Crippen molar-refractivity contribution in [1.29, 1.82) is 0 Å². The fourth-order valence-electron chi connectivity index (χ4n) is 1.91. The van der Waals surface area contributed by atoms with Crippen molar-refractivity contribution < 1.29 is 4.79 Å². The van der Waals surface area contributed by atoms with Crippen LogP contribution in [-0.4, -0.2) is 15.9 Å². The van der Waals surface area contributed by atoms with Gasteiger partial charge in [0, 0.05) is 27.0 Å². The van der Waals surface area contributed by atoms with Gasteiger partial charge in [-0.05, 0) is 52.3 Å². The number of nitrogens with zero attached hydrogens (tertiary/aromatic N) is 2. The van der Waals surface area contributed by atoms with Crippen molar-refractivity contribution >= 4 is 54.5 Å². The summed E-state index contributed by atoms with van der Waals surface area (Å²) in [6.07, 6.45) is 3.26. The average molecular weight is 407 g/mol. The Morgan fingerprint density at radius 1 is 0.952 bits per heavy atom. The topological polar surface area (TPSA) is 54.9 Å². The number of hydrogen-bond donors (Lipinski definition) is 1. The summed E-state index contributed by atoms with van der Waals surface area (Å²) in [7, 11) is 0. The molecular formula is C15H9Br2N3O. The molecule has 0 aliphatic carbocycles. The third-order valence-electron chi connectivity index (χ3n) is 2.90. The Labute approximate surface area is 137 Å². The van der Waals surface area contributed by atoms with E-state index in [9.17, 15) is 4.79 Å². The molecule has 0 aliphatic rings. The highest BCUT2D eigenvalue weighted by Gasteiger charge is 2.11. The van der Waals surface area contributed by atoms with Gasteiger partial charge in [0.05, 0.1) is 16.6 Å². The van der Waals surface area contributed by atoms with Gasteiger partial charge in [0.1, 0.15) is 0 Å². The third-order valence-corrected chi connectivity index (χ3v) is 4.05. The number of anilines is 1. The number of benzene rings is 2. The molecule has 0 saturated heterocycles. The number of carbonyl (C=O) groups is 1. The van der Waals surface area contributed by atoms with E-state index in [1.165, 1.54) is 0 Å². The Balaban J connectivity index is 1.89. The molecule has 4 nitrogen and oxygen atoms in total.